The van der Waals surface area contributed by atoms with Gasteiger partial charge in [0.1, 0.15) is 5.82 Å². The molecule has 31 heavy (non-hydrogen) atoms. The summed E-state index contributed by atoms with van der Waals surface area (Å²) in [5.74, 6) is -0.461. The zero-order valence-electron chi connectivity index (χ0n) is 17.5. The first-order valence-corrected chi connectivity index (χ1v) is 12.2. The van der Waals surface area contributed by atoms with Gasteiger partial charge in [-0.2, -0.15) is 4.31 Å². The van der Waals surface area contributed by atoms with Crippen LogP contribution in [0.1, 0.15) is 30.1 Å². The molecule has 0 amide bonds. The molecule has 0 spiro atoms. The van der Waals surface area contributed by atoms with Crippen LogP contribution in [0.25, 0.3) is 0 Å². The lowest BCUT2D eigenvalue weighted by atomic mass is 9.89. The molecule has 6 nitrogen and oxygen atoms in total. The highest BCUT2D eigenvalue weighted by Crippen LogP contribution is 2.32. The fourth-order valence-corrected chi connectivity index (χ4v) is 5.79. The Bertz CT molecular complexity index is 975. The molecule has 8 heteroatoms. The number of benzene rings is 2. The van der Waals surface area contributed by atoms with Crippen LogP contribution in [0.4, 0.5) is 4.39 Å². The minimum atomic E-state index is -3.63. The molecule has 0 unspecified atom stereocenters. The lowest BCUT2D eigenvalue weighted by molar-refractivity contribution is -0.0304. The van der Waals surface area contributed by atoms with E-state index in [1.165, 1.54) is 27.6 Å². The zero-order valence-corrected chi connectivity index (χ0v) is 18.3. The Hall–Kier alpha value is -1.84. The first-order chi connectivity index (χ1) is 14.9. The number of piperazine rings is 1. The molecule has 4 rings (SSSR count). The molecule has 0 saturated carbocycles. The van der Waals surface area contributed by atoms with Gasteiger partial charge in [0, 0.05) is 32.7 Å². The largest absolute Gasteiger partial charge is 0.389 e. The minimum Gasteiger partial charge on any atom is -0.389 e. The number of hydrogen-bond donors (Lipinski definition) is 1. The maximum Gasteiger partial charge on any atom is 0.243 e. The van der Waals surface area contributed by atoms with Gasteiger partial charge >= 0.3 is 0 Å². The van der Waals surface area contributed by atoms with Gasteiger partial charge in [-0.25, -0.2) is 12.8 Å². The number of halogens is 1. The van der Waals surface area contributed by atoms with Gasteiger partial charge in [-0.3, -0.25) is 4.90 Å². The van der Waals surface area contributed by atoms with Gasteiger partial charge in [0.05, 0.1) is 23.7 Å². The van der Waals surface area contributed by atoms with Crippen molar-refractivity contribution in [2.75, 3.05) is 39.3 Å². The van der Waals surface area contributed by atoms with Crippen LogP contribution in [-0.4, -0.2) is 68.2 Å². The average Bonchev–Trinajstić information content (AvgIpc) is 2.78. The molecule has 2 aromatic rings. The van der Waals surface area contributed by atoms with E-state index >= 15 is 0 Å². The van der Waals surface area contributed by atoms with E-state index in [9.17, 15) is 17.9 Å². The Morgan fingerprint density at radius 2 is 1.77 bits per heavy atom. The van der Waals surface area contributed by atoms with Crippen molar-refractivity contribution in [3.05, 3.63) is 65.5 Å². The van der Waals surface area contributed by atoms with Gasteiger partial charge in [0.2, 0.25) is 10.0 Å². The van der Waals surface area contributed by atoms with Crippen LogP contribution in [0.15, 0.2) is 53.4 Å². The normalized spacial score (nSPS) is 21.5. The van der Waals surface area contributed by atoms with Gasteiger partial charge in [0.15, 0.2) is 0 Å². The number of sulfonamides is 1. The Kier molecular flexibility index (Phi) is 7.03. The van der Waals surface area contributed by atoms with Crippen LogP contribution in [0.2, 0.25) is 0 Å². The van der Waals surface area contributed by atoms with Crippen molar-refractivity contribution in [3.63, 3.8) is 0 Å². The fraction of sp³-hybridized carbons (Fsp3) is 0.478. The predicted octanol–water partition coefficient (Wildman–Crippen LogP) is 2.59. The molecule has 2 atom stereocenters. The van der Waals surface area contributed by atoms with Crippen molar-refractivity contribution in [3.8, 4) is 0 Å². The standard InChI is InChI=1S/C23H29FN2O4S/c24-19-8-10-21(11-9-19)31(28,29)26-14-12-25(13-15-26)16-20(27)17-30-23-7-3-5-18-4-1-2-6-22(18)23/h1-2,4,6,8-11,20,23,27H,3,5,7,12-17H2/t20-,23-/m1/s1. The van der Waals surface area contributed by atoms with E-state index in [-0.39, 0.29) is 17.6 Å². The molecule has 1 aliphatic heterocycles. The number of hydrogen-bond acceptors (Lipinski definition) is 5. The molecule has 0 bridgehead atoms. The van der Waals surface area contributed by atoms with Crippen LogP contribution in [-0.2, 0) is 21.2 Å². The second-order valence-electron chi connectivity index (χ2n) is 8.23. The van der Waals surface area contributed by atoms with Crippen molar-refractivity contribution in [2.45, 2.75) is 36.4 Å². The summed E-state index contributed by atoms with van der Waals surface area (Å²) in [6, 6.07) is 13.2. The van der Waals surface area contributed by atoms with Crippen LogP contribution >= 0.6 is 0 Å². The third-order valence-electron chi connectivity index (χ3n) is 6.06. The van der Waals surface area contributed by atoms with Gasteiger partial charge in [-0.15, -0.1) is 0 Å². The number of aryl methyl sites for hydroxylation is 1. The van der Waals surface area contributed by atoms with E-state index in [0.717, 1.165) is 31.4 Å². The number of aliphatic hydroxyl groups is 1. The average molecular weight is 449 g/mol. The first kappa shape index (κ1) is 22.4. The Balaban J connectivity index is 1.25. The molecule has 1 aliphatic carbocycles. The number of nitrogens with zero attached hydrogens (tertiary/aromatic N) is 2. The molecule has 1 N–H and O–H groups in total. The van der Waals surface area contributed by atoms with Crippen molar-refractivity contribution < 1.29 is 22.7 Å². The Labute approximate surface area is 183 Å². The third kappa shape index (κ3) is 5.32. The monoisotopic (exact) mass is 448 g/mol. The van der Waals surface area contributed by atoms with Crippen molar-refractivity contribution in [1.29, 1.82) is 0 Å². The lowest BCUT2D eigenvalue weighted by Crippen LogP contribution is -2.50. The van der Waals surface area contributed by atoms with Gasteiger partial charge in [-0.1, -0.05) is 24.3 Å². The molecule has 1 fully saturated rings. The molecule has 168 valence electrons. The Morgan fingerprint density at radius 1 is 1.06 bits per heavy atom. The molecule has 2 aromatic carbocycles. The minimum absolute atomic E-state index is 0.0253. The van der Waals surface area contributed by atoms with Gasteiger partial charge in [0.25, 0.3) is 0 Å². The molecular formula is C23H29FN2O4S. The van der Waals surface area contributed by atoms with E-state index in [1.54, 1.807) is 0 Å². The number of aliphatic hydroxyl groups excluding tert-OH is 1. The summed E-state index contributed by atoms with van der Waals surface area (Å²) in [5.41, 5.74) is 2.55. The first-order valence-electron chi connectivity index (χ1n) is 10.8. The second-order valence-corrected chi connectivity index (χ2v) is 10.2. The fourth-order valence-electron chi connectivity index (χ4n) is 4.37. The van der Waals surface area contributed by atoms with Crippen LogP contribution in [0, 0.1) is 5.82 Å². The number of fused-ring (bicyclic) bond motifs is 1. The molecule has 2 aliphatic rings. The van der Waals surface area contributed by atoms with E-state index in [4.69, 9.17) is 4.74 Å². The van der Waals surface area contributed by atoms with E-state index < -0.39 is 21.9 Å². The Morgan fingerprint density at radius 3 is 2.52 bits per heavy atom. The van der Waals surface area contributed by atoms with Gasteiger partial charge < -0.3 is 9.84 Å². The molecule has 0 radical (unpaired) electrons. The summed E-state index contributed by atoms with van der Waals surface area (Å²) in [4.78, 5) is 2.16. The summed E-state index contributed by atoms with van der Waals surface area (Å²) in [6.45, 7) is 2.44. The van der Waals surface area contributed by atoms with Crippen LogP contribution < -0.4 is 0 Å². The van der Waals surface area contributed by atoms with Crippen molar-refractivity contribution in [1.82, 2.24) is 9.21 Å². The summed E-state index contributed by atoms with van der Waals surface area (Å²) in [6.07, 6.45) is 2.52. The SMILES string of the molecule is O=S(=O)(c1ccc(F)cc1)N1CCN(C[C@@H](O)CO[C@@H]2CCCc3ccccc32)CC1. The highest BCUT2D eigenvalue weighted by atomic mass is 32.2. The zero-order chi connectivity index (χ0) is 21.8. The summed E-state index contributed by atoms with van der Waals surface area (Å²) in [7, 11) is -3.63. The summed E-state index contributed by atoms with van der Waals surface area (Å²) in [5, 5.41) is 10.5. The topological polar surface area (TPSA) is 70.1 Å². The summed E-state index contributed by atoms with van der Waals surface area (Å²) < 4.78 is 46.0. The van der Waals surface area contributed by atoms with Crippen molar-refractivity contribution in [2.24, 2.45) is 0 Å². The molecular weight excluding hydrogens is 419 g/mol. The van der Waals surface area contributed by atoms with E-state index in [0.29, 0.717) is 32.7 Å². The number of rotatable bonds is 7. The van der Waals surface area contributed by atoms with Crippen LogP contribution in [0.3, 0.4) is 0 Å². The maximum absolute atomic E-state index is 13.1. The highest BCUT2D eigenvalue weighted by molar-refractivity contribution is 7.89. The smallest absolute Gasteiger partial charge is 0.243 e. The number of β-amino-alcohol motifs (C(OH)–C–C–N with tert-alkyl or cyclic N) is 1. The van der Waals surface area contributed by atoms with Crippen LogP contribution in [0.5, 0.6) is 0 Å². The molecule has 1 heterocycles. The summed E-state index contributed by atoms with van der Waals surface area (Å²) >= 11 is 0. The quantitative estimate of drug-likeness (QED) is 0.705. The molecule has 0 aromatic heterocycles. The second kappa shape index (κ2) is 9.75. The van der Waals surface area contributed by atoms with Crippen molar-refractivity contribution >= 4 is 10.0 Å². The predicted molar refractivity (Wildman–Crippen MR) is 116 cm³/mol. The highest BCUT2D eigenvalue weighted by Gasteiger charge is 2.29. The molecule has 1 saturated heterocycles. The number of ether oxygens (including phenoxy) is 1. The van der Waals surface area contributed by atoms with E-state index in [1.807, 2.05) is 12.1 Å². The maximum atomic E-state index is 13.1. The van der Waals surface area contributed by atoms with E-state index in [2.05, 4.69) is 17.0 Å². The van der Waals surface area contributed by atoms with Gasteiger partial charge in [-0.05, 0) is 54.7 Å². The lowest BCUT2D eigenvalue weighted by Gasteiger charge is -2.35. The third-order valence-corrected chi connectivity index (χ3v) is 7.97.